The highest BCUT2D eigenvalue weighted by Crippen LogP contribution is 2.40. The quantitative estimate of drug-likeness (QED) is 0.502. The zero-order valence-corrected chi connectivity index (χ0v) is 16.2. The third-order valence-electron chi connectivity index (χ3n) is 4.47. The fraction of sp³-hybridized carbons (Fsp3) is 0.0909. The average molecular weight is 429 g/mol. The minimum absolute atomic E-state index is 0.123. The first kappa shape index (κ1) is 20.0. The fourth-order valence-electron chi connectivity index (χ4n) is 3.10. The Morgan fingerprint density at radius 2 is 1.67 bits per heavy atom. The maximum absolute atomic E-state index is 13.2. The topological polar surface area (TPSA) is 50.5 Å². The van der Waals surface area contributed by atoms with Crippen molar-refractivity contribution in [3.05, 3.63) is 94.8 Å². The smallest absolute Gasteiger partial charge is 0.416 e. The molecular formula is C22H14F3NO3S. The predicted octanol–water partition coefficient (Wildman–Crippen LogP) is 5.52. The van der Waals surface area contributed by atoms with Gasteiger partial charge in [0.15, 0.2) is 0 Å². The van der Waals surface area contributed by atoms with Crippen LogP contribution in [0.15, 0.2) is 82.3 Å². The number of anilines is 1. The van der Waals surface area contributed by atoms with Crippen molar-refractivity contribution in [2.24, 2.45) is 0 Å². The number of furan rings is 1. The van der Waals surface area contributed by atoms with Crippen LogP contribution in [0.3, 0.4) is 0 Å². The highest BCUT2D eigenvalue weighted by molar-refractivity contribution is 8.03. The third kappa shape index (κ3) is 3.78. The summed E-state index contributed by atoms with van der Waals surface area (Å²) in [6.07, 6.45) is -3.09. The first-order chi connectivity index (χ1) is 14.4. The molecular weight excluding hydrogens is 415 g/mol. The van der Waals surface area contributed by atoms with E-state index in [-0.39, 0.29) is 16.2 Å². The molecule has 0 N–H and O–H groups in total. The summed E-state index contributed by atoms with van der Waals surface area (Å²) < 4.78 is 44.7. The second-order valence-electron chi connectivity index (χ2n) is 6.43. The number of hydrogen-bond acceptors (Lipinski definition) is 4. The second kappa shape index (κ2) is 7.87. The van der Waals surface area contributed by atoms with Crippen LogP contribution in [0.25, 0.3) is 5.57 Å². The van der Waals surface area contributed by atoms with Crippen LogP contribution in [-0.4, -0.2) is 11.8 Å². The lowest BCUT2D eigenvalue weighted by Gasteiger charge is -2.17. The van der Waals surface area contributed by atoms with Gasteiger partial charge in [-0.25, -0.2) is 4.90 Å². The Labute approximate surface area is 174 Å². The second-order valence-corrected chi connectivity index (χ2v) is 7.42. The standard InChI is InChI=1S/C22H14F3NO3S/c23-22(24,25)15-8-4-9-16(12-15)26-20(27)18(14-6-2-1-3-7-14)19(21(26)28)30-13-17-10-5-11-29-17/h1-12H,13H2. The van der Waals surface area contributed by atoms with E-state index in [2.05, 4.69) is 0 Å². The molecule has 1 aromatic heterocycles. The molecule has 0 aliphatic carbocycles. The Morgan fingerprint density at radius 1 is 0.900 bits per heavy atom. The molecule has 2 heterocycles. The Balaban J connectivity index is 1.74. The van der Waals surface area contributed by atoms with Crippen LogP contribution in [-0.2, 0) is 21.5 Å². The number of rotatable bonds is 5. The lowest BCUT2D eigenvalue weighted by atomic mass is 10.1. The zero-order chi connectivity index (χ0) is 21.3. The zero-order valence-electron chi connectivity index (χ0n) is 15.3. The van der Waals surface area contributed by atoms with Crippen molar-refractivity contribution in [2.45, 2.75) is 11.9 Å². The number of carbonyl (C=O) groups is 2. The molecule has 1 aliphatic rings. The van der Waals surface area contributed by atoms with Gasteiger partial charge in [-0.15, -0.1) is 11.8 Å². The lowest BCUT2D eigenvalue weighted by molar-refractivity contribution is -0.137. The molecule has 4 rings (SSSR count). The summed E-state index contributed by atoms with van der Waals surface area (Å²) in [4.78, 5) is 27.3. The Kier molecular flexibility index (Phi) is 5.26. The fourth-order valence-corrected chi connectivity index (χ4v) is 4.11. The molecule has 0 radical (unpaired) electrons. The largest absolute Gasteiger partial charge is 0.468 e. The van der Waals surface area contributed by atoms with Crippen LogP contribution >= 0.6 is 11.8 Å². The number of halogens is 3. The maximum atomic E-state index is 13.2. The Morgan fingerprint density at radius 3 is 2.33 bits per heavy atom. The maximum Gasteiger partial charge on any atom is 0.416 e. The van der Waals surface area contributed by atoms with Crippen LogP contribution in [0.1, 0.15) is 16.9 Å². The number of carbonyl (C=O) groups excluding carboxylic acids is 2. The van der Waals surface area contributed by atoms with E-state index in [0.29, 0.717) is 17.1 Å². The van der Waals surface area contributed by atoms with E-state index >= 15 is 0 Å². The highest BCUT2D eigenvalue weighted by Gasteiger charge is 2.41. The molecule has 0 bridgehead atoms. The number of amides is 2. The SMILES string of the molecule is O=C1C(SCc2ccco2)=C(c2ccccc2)C(=O)N1c1cccc(C(F)(F)F)c1. The molecule has 0 atom stereocenters. The summed E-state index contributed by atoms with van der Waals surface area (Å²) in [5, 5.41) is 0. The van der Waals surface area contributed by atoms with E-state index in [1.54, 1.807) is 42.5 Å². The molecule has 0 spiro atoms. The van der Waals surface area contributed by atoms with Crippen molar-refractivity contribution >= 4 is 34.8 Å². The first-order valence-electron chi connectivity index (χ1n) is 8.87. The van der Waals surface area contributed by atoms with E-state index in [0.717, 1.165) is 28.8 Å². The van der Waals surface area contributed by atoms with Crippen LogP contribution in [0.2, 0.25) is 0 Å². The average Bonchev–Trinajstić information content (AvgIpc) is 3.32. The van der Waals surface area contributed by atoms with Gasteiger partial charge in [0.25, 0.3) is 11.8 Å². The van der Waals surface area contributed by atoms with Crippen molar-refractivity contribution < 1.29 is 27.2 Å². The number of nitrogens with zero attached hydrogens (tertiary/aromatic N) is 1. The van der Waals surface area contributed by atoms with Gasteiger partial charge in [0.05, 0.1) is 33.7 Å². The molecule has 4 nitrogen and oxygen atoms in total. The molecule has 3 aromatic rings. The van der Waals surface area contributed by atoms with Gasteiger partial charge in [-0.05, 0) is 35.9 Å². The molecule has 152 valence electrons. The molecule has 0 unspecified atom stereocenters. The summed E-state index contributed by atoms with van der Waals surface area (Å²) in [5.41, 5.74) is -0.373. The summed E-state index contributed by atoms with van der Waals surface area (Å²) in [5.74, 6) is -0.409. The van der Waals surface area contributed by atoms with E-state index in [1.165, 1.54) is 18.4 Å². The van der Waals surface area contributed by atoms with Gasteiger partial charge in [-0.2, -0.15) is 13.2 Å². The van der Waals surface area contributed by atoms with E-state index in [1.807, 2.05) is 0 Å². The number of hydrogen-bond donors (Lipinski definition) is 0. The molecule has 8 heteroatoms. The van der Waals surface area contributed by atoms with Gasteiger partial charge in [0.2, 0.25) is 0 Å². The summed E-state index contributed by atoms with van der Waals surface area (Å²) in [6.45, 7) is 0. The lowest BCUT2D eigenvalue weighted by Crippen LogP contribution is -2.31. The van der Waals surface area contributed by atoms with Gasteiger partial charge in [0.1, 0.15) is 5.76 Å². The van der Waals surface area contributed by atoms with Crippen molar-refractivity contribution in [2.75, 3.05) is 4.90 Å². The number of thioether (sulfide) groups is 1. The van der Waals surface area contributed by atoms with Crippen LogP contribution in [0, 0.1) is 0 Å². The number of alkyl halides is 3. The molecule has 0 saturated carbocycles. The molecule has 0 saturated heterocycles. The van der Waals surface area contributed by atoms with Crippen molar-refractivity contribution in [3.63, 3.8) is 0 Å². The molecule has 2 aromatic carbocycles. The monoisotopic (exact) mass is 429 g/mol. The minimum Gasteiger partial charge on any atom is -0.468 e. The summed E-state index contributed by atoms with van der Waals surface area (Å²) in [6, 6.07) is 16.2. The van der Waals surface area contributed by atoms with Gasteiger partial charge in [0, 0.05) is 0 Å². The van der Waals surface area contributed by atoms with Crippen molar-refractivity contribution in [3.8, 4) is 0 Å². The van der Waals surface area contributed by atoms with Gasteiger partial charge in [-0.3, -0.25) is 9.59 Å². The van der Waals surface area contributed by atoms with Crippen LogP contribution in [0.4, 0.5) is 18.9 Å². The molecule has 1 aliphatic heterocycles. The number of imide groups is 1. The highest BCUT2D eigenvalue weighted by atomic mass is 32.2. The summed E-state index contributed by atoms with van der Waals surface area (Å²) in [7, 11) is 0. The van der Waals surface area contributed by atoms with Gasteiger partial charge in [-0.1, -0.05) is 36.4 Å². The summed E-state index contributed by atoms with van der Waals surface area (Å²) >= 11 is 1.12. The van der Waals surface area contributed by atoms with E-state index in [4.69, 9.17) is 4.42 Å². The van der Waals surface area contributed by atoms with Crippen molar-refractivity contribution in [1.82, 2.24) is 0 Å². The predicted molar refractivity (Wildman–Crippen MR) is 107 cm³/mol. The first-order valence-corrected chi connectivity index (χ1v) is 9.86. The van der Waals surface area contributed by atoms with Crippen LogP contribution < -0.4 is 4.90 Å². The van der Waals surface area contributed by atoms with Gasteiger partial charge >= 0.3 is 6.18 Å². The third-order valence-corrected chi connectivity index (χ3v) is 5.57. The normalized spacial score (nSPS) is 14.7. The Hall–Kier alpha value is -3.26. The molecule has 30 heavy (non-hydrogen) atoms. The van der Waals surface area contributed by atoms with E-state index < -0.39 is 23.6 Å². The van der Waals surface area contributed by atoms with E-state index in [9.17, 15) is 22.8 Å². The molecule has 2 amide bonds. The minimum atomic E-state index is -4.59. The van der Waals surface area contributed by atoms with Crippen LogP contribution in [0.5, 0.6) is 0 Å². The van der Waals surface area contributed by atoms with Crippen molar-refractivity contribution in [1.29, 1.82) is 0 Å². The molecule has 0 fully saturated rings. The number of benzene rings is 2. The van der Waals surface area contributed by atoms with Gasteiger partial charge < -0.3 is 4.42 Å². The Bertz CT molecular complexity index is 1120.